The van der Waals surface area contributed by atoms with Gasteiger partial charge >= 0.3 is 0 Å². The Bertz CT molecular complexity index is 2780. The van der Waals surface area contributed by atoms with E-state index in [4.69, 9.17) is 0 Å². The van der Waals surface area contributed by atoms with Crippen LogP contribution in [0.25, 0.3) is 70.9 Å². The zero-order valence-corrected chi connectivity index (χ0v) is 28.6. The van der Waals surface area contributed by atoms with Gasteiger partial charge in [-0.15, -0.1) is 0 Å². The molecule has 0 aromatic heterocycles. The molecule has 0 heteroatoms. The van der Waals surface area contributed by atoms with Gasteiger partial charge in [0, 0.05) is 5.41 Å². The number of hydrogen-bond donors (Lipinski definition) is 0. The lowest BCUT2D eigenvalue weighted by Gasteiger charge is -2.37. The fourth-order valence-corrected chi connectivity index (χ4v) is 8.90. The van der Waals surface area contributed by atoms with Crippen LogP contribution in [0.4, 0.5) is 0 Å². The van der Waals surface area contributed by atoms with Crippen molar-refractivity contribution in [2.24, 2.45) is 0 Å². The minimum atomic E-state index is -0.185. The van der Waals surface area contributed by atoms with Crippen molar-refractivity contribution in [1.29, 1.82) is 0 Å². The summed E-state index contributed by atoms with van der Waals surface area (Å²) in [6, 6.07) is 67.4. The fourth-order valence-electron chi connectivity index (χ4n) is 8.90. The molecule has 0 radical (unpaired) electrons. The molecule has 1 aliphatic carbocycles. The van der Waals surface area contributed by atoms with E-state index in [0.717, 1.165) is 6.42 Å². The molecule has 9 aromatic rings. The molecule has 51 heavy (non-hydrogen) atoms. The molecule has 0 N–H and O–H groups in total. The fraction of sp³-hybridized carbons (Fsp3) is 0.0588. The molecular formula is C51H36. The first kappa shape index (κ1) is 29.7. The highest BCUT2D eigenvalue weighted by molar-refractivity contribution is 6.23. The van der Waals surface area contributed by atoms with Crippen molar-refractivity contribution in [2.45, 2.75) is 18.8 Å². The molecule has 0 fully saturated rings. The molecule has 0 bridgehead atoms. The molecule has 1 atom stereocenters. The average molecular weight is 649 g/mol. The van der Waals surface area contributed by atoms with Crippen molar-refractivity contribution in [3.05, 3.63) is 210 Å². The van der Waals surface area contributed by atoms with Crippen LogP contribution < -0.4 is 0 Å². The molecule has 0 saturated heterocycles. The molecular weight excluding hydrogens is 613 g/mol. The van der Waals surface area contributed by atoms with E-state index >= 15 is 0 Å². The number of fused-ring (bicyclic) bond motifs is 5. The molecule has 1 unspecified atom stereocenters. The Hall–Kier alpha value is -6.24. The van der Waals surface area contributed by atoms with E-state index in [1.54, 1.807) is 0 Å². The van der Waals surface area contributed by atoms with Gasteiger partial charge in [-0.2, -0.15) is 0 Å². The van der Waals surface area contributed by atoms with Crippen molar-refractivity contribution in [2.75, 3.05) is 0 Å². The normalized spacial score (nSPS) is 15.7. The van der Waals surface area contributed by atoms with Gasteiger partial charge < -0.3 is 0 Å². The summed E-state index contributed by atoms with van der Waals surface area (Å²) in [7, 11) is 0. The van der Waals surface area contributed by atoms with Gasteiger partial charge in [0.15, 0.2) is 0 Å². The zero-order valence-electron chi connectivity index (χ0n) is 28.6. The van der Waals surface area contributed by atoms with Gasteiger partial charge in [-0.05, 0) is 99.6 Å². The summed E-state index contributed by atoms with van der Waals surface area (Å²) in [5, 5.41) is 10.3. The highest BCUT2D eigenvalue weighted by Gasteiger charge is 2.35. The summed E-state index contributed by atoms with van der Waals surface area (Å²) in [5.41, 5.74) is 11.6. The maximum absolute atomic E-state index is 2.49. The Morgan fingerprint density at radius 2 is 0.863 bits per heavy atom. The van der Waals surface area contributed by atoms with E-state index in [1.165, 1.54) is 93.2 Å². The summed E-state index contributed by atoms with van der Waals surface area (Å²) in [4.78, 5) is 0. The Morgan fingerprint density at radius 3 is 1.53 bits per heavy atom. The van der Waals surface area contributed by atoms with Crippen LogP contribution in [-0.4, -0.2) is 0 Å². The quantitative estimate of drug-likeness (QED) is 0.167. The Morgan fingerprint density at radius 1 is 0.392 bits per heavy atom. The van der Waals surface area contributed by atoms with Crippen LogP contribution in [-0.2, 0) is 5.41 Å². The number of allylic oxidation sites excluding steroid dienone is 1. The lowest BCUT2D eigenvalue weighted by molar-refractivity contribution is 0.573. The summed E-state index contributed by atoms with van der Waals surface area (Å²) < 4.78 is 0. The van der Waals surface area contributed by atoms with E-state index in [9.17, 15) is 0 Å². The molecule has 0 saturated carbocycles. The maximum Gasteiger partial charge on any atom is 0.0215 e. The Kier molecular flexibility index (Phi) is 6.79. The van der Waals surface area contributed by atoms with Crippen LogP contribution in [0.15, 0.2) is 188 Å². The minimum Gasteiger partial charge on any atom is -0.0748 e. The second kappa shape index (κ2) is 11.7. The van der Waals surface area contributed by atoms with Crippen molar-refractivity contribution in [1.82, 2.24) is 0 Å². The highest BCUT2D eigenvalue weighted by atomic mass is 14.4. The van der Waals surface area contributed by atoms with Crippen molar-refractivity contribution >= 4 is 48.7 Å². The molecule has 0 amide bonds. The first-order valence-electron chi connectivity index (χ1n) is 18.0. The third kappa shape index (κ3) is 4.60. The molecule has 1 aliphatic rings. The summed E-state index contributed by atoms with van der Waals surface area (Å²) in [6.07, 6.45) is 3.41. The second-order valence-corrected chi connectivity index (χ2v) is 14.2. The summed E-state index contributed by atoms with van der Waals surface area (Å²) in [5.74, 6) is 0. The molecule has 240 valence electrons. The zero-order chi connectivity index (χ0) is 33.9. The minimum absolute atomic E-state index is 0.185. The van der Waals surface area contributed by atoms with Crippen molar-refractivity contribution < 1.29 is 0 Å². The topological polar surface area (TPSA) is 0 Å². The standard InChI is InChI=1S/C51H36/c1-51(32-31-41(42-23-10-11-30-48(42)51)40-28-13-17-34-15-2-4-21-38(34)40)37-20-12-19-36(33-37)49-44-24-6-8-26-46(44)50(47-27-9-7-25-45(47)49)43-29-14-18-35-16-3-5-22-39(35)43/h2-31,33H,32H2,1H3. The number of rotatable bonds is 4. The van der Waals surface area contributed by atoms with Crippen molar-refractivity contribution in [3.8, 4) is 22.3 Å². The van der Waals surface area contributed by atoms with E-state index in [2.05, 4.69) is 195 Å². The second-order valence-electron chi connectivity index (χ2n) is 14.2. The van der Waals surface area contributed by atoms with E-state index in [1.807, 2.05) is 0 Å². The molecule has 9 aromatic carbocycles. The van der Waals surface area contributed by atoms with Crippen LogP contribution in [0.1, 0.15) is 35.6 Å². The van der Waals surface area contributed by atoms with Crippen LogP contribution in [0.5, 0.6) is 0 Å². The number of hydrogen-bond acceptors (Lipinski definition) is 0. The number of benzene rings is 9. The third-order valence-electron chi connectivity index (χ3n) is 11.4. The largest absolute Gasteiger partial charge is 0.0748 e. The molecule has 0 nitrogen and oxygen atoms in total. The van der Waals surface area contributed by atoms with Crippen LogP contribution >= 0.6 is 0 Å². The summed E-state index contributed by atoms with van der Waals surface area (Å²) >= 11 is 0. The Labute approximate surface area is 299 Å². The average Bonchev–Trinajstić information content (AvgIpc) is 3.20. The summed E-state index contributed by atoms with van der Waals surface area (Å²) in [6.45, 7) is 2.43. The molecule has 10 rings (SSSR count). The van der Waals surface area contributed by atoms with Gasteiger partial charge in [0.2, 0.25) is 0 Å². The lowest BCUT2D eigenvalue weighted by Crippen LogP contribution is -2.27. The van der Waals surface area contributed by atoms with Gasteiger partial charge in [0.05, 0.1) is 0 Å². The van der Waals surface area contributed by atoms with E-state index < -0.39 is 0 Å². The van der Waals surface area contributed by atoms with E-state index in [-0.39, 0.29) is 5.41 Å². The predicted octanol–water partition coefficient (Wildman–Crippen LogP) is 13.8. The van der Waals surface area contributed by atoms with E-state index in [0.29, 0.717) is 0 Å². The maximum atomic E-state index is 2.49. The first-order valence-corrected chi connectivity index (χ1v) is 18.0. The molecule has 0 aliphatic heterocycles. The smallest absolute Gasteiger partial charge is 0.0215 e. The van der Waals surface area contributed by atoms with Crippen LogP contribution in [0, 0.1) is 0 Å². The van der Waals surface area contributed by atoms with Gasteiger partial charge in [-0.25, -0.2) is 0 Å². The van der Waals surface area contributed by atoms with Crippen molar-refractivity contribution in [3.63, 3.8) is 0 Å². The monoisotopic (exact) mass is 648 g/mol. The SMILES string of the molecule is CC1(c2cccc(-c3c4ccccc4c(-c4cccc5ccccc45)c4ccccc34)c2)CC=C(c2cccc3ccccc23)c2ccccc21. The van der Waals surface area contributed by atoms with Crippen LogP contribution in [0.3, 0.4) is 0 Å². The van der Waals surface area contributed by atoms with Gasteiger partial charge in [0.25, 0.3) is 0 Å². The third-order valence-corrected chi connectivity index (χ3v) is 11.4. The first-order chi connectivity index (χ1) is 25.2. The lowest BCUT2D eigenvalue weighted by atomic mass is 9.66. The van der Waals surface area contributed by atoms with Crippen LogP contribution in [0.2, 0.25) is 0 Å². The van der Waals surface area contributed by atoms with Gasteiger partial charge in [-0.1, -0.05) is 195 Å². The van der Waals surface area contributed by atoms with Gasteiger partial charge in [0.1, 0.15) is 0 Å². The predicted molar refractivity (Wildman–Crippen MR) is 218 cm³/mol. The van der Waals surface area contributed by atoms with Gasteiger partial charge in [-0.3, -0.25) is 0 Å². The Balaban J connectivity index is 1.17. The molecule has 0 spiro atoms. The highest BCUT2D eigenvalue weighted by Crippen LogP contribution is 2.49. The molecule has 0 heterocycles.